The molecule has 1 heterocycles. The number of likely N-dealkylation sites (tertiary alicyclic amines) is 1. The van der Waals surface area contributed by atoms with Crippen molar-refractivity contribution in [3.8, 4) is 0 Å². The van der Waals surface area contributed by atoms with E-state index in [1.165, 1.54) is 0 Å². The number of piperidine rings is 1. The Labute approximate surface area is 74.0 Å². The minimum absolute atomic E-state index is 0.202. The summed E-state index contributed by atoms with van der Waals surface area (Å²) in [5.74, 6) is 0.408. The summed E-state index contributed by atoms with van der Waals surface area (Å²) < 4.78 is 0. The molecule has 0 spiro atoms. The molecule has 0 bridgehead atoms. The number of hydrogen-bond acceptors (Lipinski definition) is 3. The second-order valence-corrected chi connectivity index (χ2v) is 3.67. The van der Waals surface area contributed by atoms with Crippen LogP contribution in [0.15, 0.2) is 0 Å². The SMILES string of the molecule is C[C@H](O)[C@H]1CCCN(CCO)C1. The Kier molecular flexibility index (Phi) is 3.98. The van der Waals surface area contributed by atoms with Crippen molar-refractivity contribution in [2.24, 2.45) is 5.92 Å². The highest BCUT2D eigenvalue weighted by Gasteiger charge is 2.22. The first-order valence-corrected chi connectivity index (χ1v) is 4.75. The predicted octanol–water partition coefficient (Wildman–Crippen LogP) is 0.0715. The normalized spacial score (nSPS) is 28.8. The van der Waals surface area contributed by atoms with Gasteiger partial charge >= 0.3 is 0 Å². The summed E-state index contributed by atoms with van der Waals surface area (Å²) in [7, 11) is 0. The molecule has 3 heteroatoms. The van der Waals surface area contributed by atoms with Crippen LogP contribution in [0.4, 0.5) is 0 Å². The van der Waals surface area contributed by atoms with Gasteiger partial charge in [-0.3, -0.25) is 0 Å². The maximum absolute atomic E-state index is 9.37. The van der Waals surface area contributed by atoms with Gasteiger partial charge in [0.2, 0.25) is 0 Å². The molecular weight excluding hydrogens is 154 g/mol. The van der Waals surface area contributed by atoms with Crippen molar-refractivity contribution in [1.82, 2.24) is 4.90 Å². The van der Waals surface area contributed by atoms with Crippen molar-refractivity contribution in [1.29, 1.82) is 0 Å². The summed E-state index contributed by atoms with van der Waals surface area (Å²) in [5, 5.41) is 18.1. The Morgan fingerprint density at radius 2 is 2.33 bits per heavy atom. The molecule has 1 aliphatic rings. The van der Waals surface area contributed by atoms with Gasteiger partial charge in [-0.2, -0.15) is 0 Å². The Morgan fingerprint density at radius 3 is 2.92 bits per heavy atom. The number of β-amino-alcohol motifs (C(OH)–C–C–N with tert-alkyl or cyclic N) is 1. The first-order chi connectivity index (χ1) is 5.74. The molecule has 2 atom stereocenters. The molecule has 0 saturated carbocycles. The average molecular weight is 173 g/mol. The predicted molar refractivity (Wildman–Crippen MR) is 47.9 cm³/mol. The van der Waals surface area contributed by atoms with Crippen LogP contribution in [-0.4, -0.2) is 47.5 Å². The summed E-state index contributed by atoms with van der Waals surface area (Å²) in [6, 6.07) is 0. The molecule has 0 unspecified atom stereocenters. The average Bonchev–Trinajstić information content (AvgIpc) is 2.05. The number of aliphatic hydroxyl groups excluding tert-OH is 2. The fraction of sp³-hybridized carbons (Fsp3) is 1.00. The molecule has 1 fully saturated rings. The lowest BCUT2D eigenvalue weighted by atomic mass is 9.93. The number of hydrogen-bond donors (Lipinski definition) is 2. The summed E-state index contributed by atoms with van der Waals surface area (Å²) in [5.41, 5.74) is 0. The molecule has 1 aliphatic heterocycles. The van der Waals surface area contributed by atoms with Crippen LogP contribution in [0.2, 0.25) is 0 Å². The van der Waals surface area contributed by atoms with Gasteiger partial charge in [-0.05, 0) is 32.2 Å². The topological polar surface area (TPSA) is 43.7 Å². The Bertz CT molecular complexity index is 126. The molecule has 3 nitrogen and oxygen atoms in total. The summed E-state index contributed by atoms with van der Waals surface area (Å²) in [6.07, 6.45) is 2.07. The van der Waals surface area contributed by atoms with E-state index in [0.29, 0.717) is 5.92 Å². The molecule has 2 N–H and O–H groups in total. The lowest BCUT2D eigenvalue weighted by Crippen LogP contribution is -2.40. The van der Waals surface area contributed by atoms with Crippen LogP contribution in [0.5, 0.6) is 0 Å². The third-order valence-corrected chi connectivity index (χ3v) is 2.64. The van der Waals surface area contributed by atoms with E-state index in [4.69, 9.17) is 5.11 Å². The summed E-state index contributed by atoms with van der Waals surface area (Å²) >= 11 is 0. The van der Waals surface area contributed by atoms with Crippen LogP contribution >= 0.6 is 0 Å². The van der Waals surface area contributed by atoms with E-state index in [0.717, 1.165) is 32.5 Å². The fourth-order valence-corrected chi connectivity index (χ4v) is 1.83. The van der Waals surface area contributed by atoms with Crippen LogP contribution in [0.25, 0.3) is 0 Å². The third kappa shape index (κ3) is 2.73. The van der Waals surface area contributed by atoms with Crippen molar-refractivity contribution in [3.63, 3.8) is 0 Å². The highest BCUT2D eigenvalue weighted by atomic mass is 16.3. The van der Waals surface area contributed by atoms with E-state index in [1.807, 2.05) is 6.92 Å². The summed E-state index contributed by atoms with van der Waals surface area (Å²) in [6.45, 7) is 4.85. The van der Waals surface area contributed by atoms with Gasteiger partial charge in [-0.25, -0.2) is 0 Å². The molecule has 0 aromatic heterocycles. The second kappa shape index (κ2) is 4.80. The van der Waals surface area contributed by atoms with Crippen LogP contribution in [0, 0.1) is 5.92 Å². The molecular formula is C9H19NO2. The zero-order valence-corrected chi connectivity index (χ0v) is 7.74. The fourth-order valence-electron chi connectivity index (χ4n) is 1.83. The number of aliphatic hydroxyl groups is 2. The van der Waals surface area contributed by atoms with Crippen LogP contribution in [0.3, 0.4) is 0 Å². The largest absolute Gasteiger partial charge is 0.395 e. The minimum Gasteiger partial charge on any atom is -0.395 e. The molecule has 0 aromatic rings. The Hall–Kier alpha value is -0.120. The summed E-state index contributed by atoms with van der Waals surface area (Å²) in [4.78, 5) is 2.22. The quantitative estimate of drug-likeness (QED) is 0.635. The van der Waals surface area contributed by atoms with Crippen LogP contribution in [0.1, 0.15) is 19.8 Å². The maximum Gasteiger partial charge on any atom is 0.0558 e. The molecule has 0 amide bonds. The maximum atomic E-state index is 9.37. The molecule has 12 heavy (non-hydrogen) atoms. The highest BCUT2D eigenvalue weighted by molar-refractivity contribution is 4.75. The molecule has 0 aromatic carbocycles. The van der Waals surface area contributed by atoms with Gasteiger partial charge in [0.05, 0.1) is 12.7 Å². The van der Waals surface area contributed by atoms with Gasteiger partial charge in [0, 0.05) is 13.1 Å². The van der Waals surface area contributed by atoms with E-state index in [9.17, 15) is 5.11 Å². The first kappa shape index (κ1) is 9.96. The highest BCUT2D eigenvalue weighted by Crippen LogP contribution is 2.18. The van der Waals surface area contributed by atoms with E-state index < -0.39 is 0 Å². The molecule has 1 saturated heterocycles. The first-order valence-electron chi connectivity index (χ1n) is 4.75. The van der Waals surface area contributed by atoms with E-state index in [1.54, 1.807) is 0 Å². The van der Waals surface area contributed by atoms with Gasteiger partial charge in [-0.1, -0.05) is 0 Å². The van der Waals surface area contributed by atoms with E-state index in [2.05, 4.69) is 4.90 Å². The lowest BCUT2D eigenvalue weighted by Gasteiger charge is -2.33. The lowest BCUT2D eigenvalue weighted by molar-refractivity contribution is 0.0557. The van der Waals surface area contributed by atoms with Crippen molar-refractivity contribution in [2.75, 3.05) is 26.2 Å². The molecule has 0 radical (unpaired) electrons. The number of rotatable bonds is 3. The standard InChI is InChI=1S/C9H19NO2/c1-8(12)9-3-2-4-10(7-9)5-6-11/h8-9,11-12H,2-7H2,1H3/t8-,9-/m0/s1. The van der Waals surface area contributed by atoms with Crippen molar-refractivity contribution < 1.29 is 10.2 Å². The minimum atomic E-state index is -0.202. The molecule has 0 aliphatic carbocycles. The van der Waals surface area contributed by atoms with Gasteiger partial charge in [-0.15, -0.1) is 0 Å². The van der Waals surface area contributed by atoms with Crippen molar-refractivity contribution >= 4 is 0 Å². The van der Waals surface area contributed by atoms with Crippen LogP contribution < -0.4 is 0 Å². The van der Waals surface area contributed by atoms with Crippen molar-refractivity contribution in [3.05, 3.63) is 0 Å². The zero-order chi connectivity index (χ0) is 8.97. The number of nitrogens with zero attached hydrogens (tertiary/aromatic N) is 1. The van der Waals surface area contributed by atoms with E-state index in [-0.39, 0.29) is 12.7 Å². The third-order valence-electron chi connectivity index (χ3n) is 2.64. The zero-order valence-electron chi connectivity index (χ0n) is 7.74. The van der Waals surface area contributed by atoms with Crippen LogP contribution in [-0.2, 0) is 0 Å². The van der Waals surface area contributed by atoms with Gasteiger partial charge in [0.15, 0.2) is 0 Å². The monoisotopic (exact) mass is 173 g/mol. The Morgan fingerprint density at radius 1 is 1.58 bits per heavy atom. The molecule has 1 rings (SSSR count). The molecule has 72 valence electrons. The smallest absolute Gasteiger partial charge is 0.0558 e. The van der Waals surface area contributed by atoms with Crippen molar-refractivity contribution in [2.45, 2.75) is 25.9 Å². The van der Waals surface area contributed by atoms with Gasteiger partial charge < -0.3 is 15.1 Å². The second-order valence-electron chi connectivity index (χ2n) is 3.67. The van der Waals surface area contributed by atoms with Gasteiger partial charge in [0.1, 0.15) is 0 Å². The van der Waals surface area contributed by atoms with E-state index >= 15 is 0 Å². The van der Waals surface area contributed by atoms with Gasteiger partial charge in [0.25, 0.3) is 0 Å². The Balaban J connectivity index is 2.30.